The maximum Gasteiger partial charge on any atom is 0.238 e. The van der Waals surface area contributed by atoms with Crippen molar-refractivity contribution in [3.8, 4) is 5.75 Å². The van der Waals surface area contributed by atoms with Crippen LogP contribution >= 0.6 is 0 Å². The van der Waals surface area contributed by atoms with Crippen molar-refractivity contribution >= 4 is 11.6 Å². The van der Waals surface area contributed by atoms with Gasteiger partial charge in [-0.25, -0.2) is 0 Å². The topological polar surface area (TPSA) is 63.5 Å². The highest BCUT2D eigenvalue weighted by Crippen LogP contribution is 2.16. The first kappa shape index (κ1) is 15.9. The summed E-state index contributed by atoms with van der Waals surface area (Å²) < 4.78 is 10.7. The van der Waals surface area contributed by atoms with Crippen molar-refractivity contribution in [2.45, 2.75) is 13.5 Å². The molecule has 2 aromatic rings. The predicted octanol–water partition coefficient (Wildman–Crippen LogP) is 2.96. The molecule has 0 fully saturated rings. The van der Waals surface area contributed by atoms with Crippen LogP contribution in [0.15, 0.2) is 59.2 Å². The molecule has 0 radical (unpaired) electrons. The van der Waals surface area contributed by atoms with Crippen molar-refractivity contribution in [3.63, 3.8) is 0 Å². The van der Waals surface area contributed by atoms with E-state index >= 15 is 0 Å². The number of hydrogen-bond donors (Lipinski definition) is 2. The number of furan rings is 1. The summed E-state index contributed by atoms with van der Waals surface area (Å²) in [5, 5.41) is 5.82. The van der Waals surface area contributed by atoms with Gasteiger partial charge >= 0.3 is 0 Å². The van der Waals surface area contributed by atoms with Crippen LogP contribution in [-0.4, -0.2) is 19.1 Å². The van der Waals surface area contributed by atoms with E-state index in [2.05, 4.69) is 17.2 Å². The highest BCUT2D eigenvalue weighted by atomic mass is 16.5. The van der Waals surface area contributed by atoms with Crippen LogP contribution in [0.4, 0.5) is 5.69 Å². The first-order valence-corrected chi connectivity index (χ1v) is 7.03. The van der Waals surface area contributed by atoms with Gasteiger partial charge in [-0.1, -0.05) is 6.58 Å². The highest BCUT2D eigenvalue weighted by Gasteiger charge is 2.03. The van der Waals surface area contributed by atoms with Gasteiger partial charge in [-0.2, -0.15) is 0 Å². The van der Waals surface area contributed by atoms with Crippen LogP contribution in [-0.2, 0) is 11.3 Å². The van der Waals surface area contributed by atoms with Gasteiger partial charge in [-0.3, -0.25) is 4.79 Å². The molecule has 5 nitrogen and oxygen atoms in total. The summed E-state index contributed by atoms with van der Waals surface area (Å²) in [5.41, 5.74) is 1.69. The molecule has 0 saturated carbocycles. The minimum absolute atomic E-state index is 0.109. The van der Waals surface area contributed by atoms with Crippen molar-refractivity contribution in [1.29, 1.82) is 0 Å². The molecule has 0 aliphatic rings. The molecule has 2 N–H and O–H groups in total. The van der Waals surface area contributed by atoms with Crippen LogP contribution in [0.25, 0.3) is 0 Å². The van der Waals surface area contributed by atoms with Crippen LogP contribution in [0.3, 0.4) is 0 Å². The summed E-state index contributed by atoms with van der Waals surface area (Å²) in [6, 6.07) is 10.9. The smallest absolute Gasteiger partial charge is 0.238 e. The van der Waals surface area contributed by atoms with Crippen molar-refractivity contribution in [2.75, 3.05) is 18.5 Å². The zero-order chi connectivity index (χ0) is 15.8. The molecule has 0 spiro atoms. The number of carbonyl (C=O) groups excluding carboxylic acids is 1. The van der Waals surface area contributed by atoms with Gasteiger partial charge in [0.15, 0.2) is 0 Å². The minimum Gasteiger partial charge on any atom is -0.489 e. The van der Waals surface area contributed by atoms with Gasteiger partial charge in [0.2, 0.25) is 5.91 Å². The van der Waals surface area contributed by atoms with E-state index in [1.807, 2.05) is 31.2 Å². The summed E-state index contributed by atoms with van der Waals surface area (Å²) in [7, 11) is 0. The van der Waals surface area contributed by atoms with Gasteiger partial charge in [-0.05, 0) is 48.9 Å². The Morgan fingerprint density at radius 3 is 2.68 bits per heavy atom. The number of benzene rings is 1. The molecule has 1 aromatic heterocycles. The molecule has 0 aliphatic carbocycles. The van der Waals surface area contributed by atoms with Crippen LogP contribution in [0.5, 0.6) is 5.75 Å². The van der Waals surface area contributed by atoms with E-state index in [1.54, 1.807) is 18.4 Å². The van der Waals surface area contributed by atoms with Crippen LogP contribution in [0, 0.1) is 0 Å². The van der Waals surface area contributed by atoms with E-state index in [0.717, 1.165) is 22.8 Å². The highest BCUT2D eigenvalue weighted by molar-refractivity contribution is 5.92. The van der Waals surface area contributed by atoms with E-state index in [-0.39, 0.29) is 12.5 Å². The van der Waals surface area contributed by atoms with Gasteiger partial charge in [0, 0.05) is 5.69 Å². The van der Waals surface area contributed by atoms with Gasteiger partial charge in [-0.15, -0.1) is 0 Å². The number of hydrogen-bond acceptors (Lipinski definition) is 4. The zero-order valence-corrected chi connectivity index (χ0v) is 12.6. The lowest BCUT2D eigenvalue weighted by molar-refractivity contribution is -0.115. The van der Waals surface area contributed by atoms with Gasteiger partial charge < -0.3 is 19.8 Å². The Morgan fingerprint density at radius 2 is 2.05 bits per heavy atom. The second-order valence-electron chi connectivity index (χ2n) is 5.00. The summed E-state index contributed by atoms with van der Waals surface area (Å²) in [5.74, 6) is 1.44. The first-order valence-electron chi connectivity index (χ1n) is 7.03. The van der Waals surface area contributed by atoms with Crippen molar-refractivity contribution in [3.05, 3.63) is 60.6 Å². The maximum absolute atomic E-state index is 11.8. The van der Waals surface area contributed by atoms with Gasteiger partial charge in [0.05, 0.1) is 19.4 Å². The van der Waals surface area contributed by atoms with E-state index in [4.69, 9.17) is 9.15 Å². The lowest BCUT2D eigenvalue weighted by atomic mass is 10.3. The fourth-order valence-electron chi connectivity index (χ4n) is 1.76. The predicted molar refractivity (Wildman–Crippen MR) is 85.8 cm³/mol. The normalized spacial score (nSPS) is 10.2. The molecule has 5 heteroatoms. The molecule has 22 heavy (non-hydrogen) atoms. The third-order valence-electron chi connectivity index (χ3n) is 2.79. The summed E-state index contributed by atoms with van der Waals surface area (Å²) in [6.07, 6.45) is 1.61. The molecule has 1 aromatic carbocycles. The number of anilines is 1. The second-order valence-corrected chi connectivity index (χ2v) is 5.00. The molecule has 1 amide bonds. The Balaban J connectivity index is 1.72. The molecule has 1 heterocycles. The monoisotopic (exact) mass is 300 g/mol. The number of rotatable bonds is 8. The number of nitrogens with one attached hydrogen (secondary N) is 2. The van der Waals surface area contributed by atoms with Crippen molar-refractivity contribution in [1.82, 2.24) is 5.32 Å². The fraction of sp³-hybridized carbons (Fsp3) is 0.235. The largest absolute Gasteiger partial charge is 0.489 e. The summed E-state index contributed by atoms with van der Waals surface area (Å²) in [6.45, 7) is 6.91. The minimum atomic E-state index is -0.109. The lowest BCUT2D eigenvalue weighted by Crippen LogP contribution is -2.27. The van der Waals surface area contributed by atoms with Crippen molar-refractivity contribution < 1.29 is 13.9 Å². The third-order valence-corrected chi connectivity index (χ3v) is 2.79. The SMILES string of the molecule is C=C(C)COc1ccc(NC(=O)CNCc2ccco2)cc1. The first-order chi connectivity index (χ1) is 10.6. The van der Waals surface area contributed by atoms with Crippen molar-refractivity contribution in [2.24, 2.45) is 0 Å². The summed E-state index contributed by atoms with van der Waals surface area (Å²) in [4.78, 5) is 11.8. The Kier molecular flexibility index (Phi) is 5.80. The molecule has 0 bridgehead atoms. The second kappa shape index (κ2) is 8.05. The third kappa shape index (κ3) is 5.46. The molecule has 0 saturated heterocycles. The molecule has 0 atom stereocenters. The van der Waals surface area contributed by atoms with Gasteiger partial charge in [0.1, 0.15) is 18.1 Å². The Morgan fingerprint density at radius 1 is 1.27 bits per heavy atom. The Labute approximate surface area is 130 Å². The van der Waals surface area contributed by atoms with Crippen LogP contribution in [0.1, 0.15) is 12.7 Å². The average molecular weight is 300 g/mol. The van der Waals surface area contributed by atoms with Crippen LogP contribution in [0.2, 0.25) is 0 Å². The van der Waals surface area contributed by atoms with Gasteiger partial charge in [0.25, 0.3) is 0 Å². The number of ether oxygens (including phenoxy) is 1. The molecule has 116 valence electrons. The summed E-state index contributed by atoms with van der Waals surface area (Å²) >= 11 is 0. The molecular formula is C17H20N2O3. The fourth-order valence-corrected chi connectivity index (χ4v) is 1.76. The molecule has 0 aliphatic heterocycles. The molecule has 0 unspecified atom stereocenters. The van der Waals surface area contributed by atoms with E-state index in [0.29, 0.717) is 13.2 Å². The molecule has 2 rings (SSSR count). The van der Waals surface area contributed by atoms with E-state index < -0.39 is 0 Å². The zero-order valence-electron chi connectivity index (χ0n) is 12.6. The van der Waals surface area contributed by atoms with Crippen LogP contribution < -0.4 is 15.4 Å². The lowest BCUT2D eigenvalue weighted by Gasteiger charge is -2.08. The Hall–Kier alpha value is -2.53. The number of amides is 1. The number of carbonyl (C=O) groups is 1. The molecular weight excluding hydrogens is 280 g/mol. The maximum atomic E-state index is 11.8. The van der Waals surface area contributed by atoms with E-state index in [1.165, 1.54) is 0 Å². The standard InChI is InChI=1S/C17H20N2O3/c1-13(2)12-22-15-7-5-14(6-8-15)19-17(20)11-18-10-16-4-3-9-21-16/h3-9,18H,1,10-12H2,2H3,(H,19,20). The quantitative estimate of drug-likeness (QED) is 0.736. The Bertz CT molecular complexity index is 603. The van der Waals surface area contributed by atoms with E-state index in [9.17, 15) is 4.79 Å². The average Bonchev–Trinajstić information content (AvgIpc) is 3.00.